The van der Waals surface area contributed by atoms with Gasteiger partial charge in [-0.05, 0) is 31.2 Å². The number of rotatable bonds is 5. The molecule has 8 heteroatoms. The zero-order valence-electron chi connectivity index (χ0n) is 14.3. The standard InChI is InChI=1S/C18H17N3O4S/c1-3-15(22)19-13-6-4-12(5-7-13)17(24)25-10-14-8-16(23)21-9-11(2)26-18(21)20-14/h4-9H,3,10H2,1-2H3,(H,19,22). The number of ether oxygens (including phenoxy) is 1. The van der Waals surface area contributed by atoms with E-state index in [0.717, 1.165) is 4.88 Å². The van der Waals surface area contributed by atoms with Crippen LogP contribution in [0.15, 0.2) is 41.3 Å². The molecule has 2 heterocycles. The van der Waals surface area contributed by atoms with Crippen molar-refractivity contribution in [3.05, 3.63) is 63.0 Å². The molecule has 3 aromatic rings. The fraction of sp³-hybridized carbons (Fsp3) is 0.222. The van der Waals surface area contributed by atoms with Crippen LogP contribution >= 0.6 is 11.3 Å². The molecule has 0 unspecified atom stereocenters. The second-order valence-electron chi connectivity index (χ2n) is 5.64. The minimum absolute atomic E-state index is 0.0875. The third-order valence-electron chi connectivity index (χ3n) is 3.61. The summed E-state index contributed by atoms with van der Waals surface area (Å²) in [6, 6.07) is 7.77. The molecule has 0 saturated heterocycles. The molecular weight excluding hydrogens is 354 g/mol. The minimum Gasteiger partial charge on any atom is -0.456 e. The van der Waals surface area contributed by atoms with Gasteiger partial charge in [0.1, 0.15) is 6.61 Å². The number of benzene rings is 1. The van der Waals surface area contributed by atoms with Gasteiger partial charge in [-0.1, -0.05) is 6.92 Å². The molecule has 0 bridgehead atoms. The van der Waals surface area contributed by atoms with Crippen LogP contribution in [-0.4, -0.2) is 21.3 Å². The number of nitrogens with zero attached hydrogens (tertiary/aromatic N) is 2. The van der Waals surface area contributed by atoms with E-state index in [-0.39, 0.29) is 18.1 Å². The van der Waals surface area contributed by atoms with E-state index in [1.807, 2.05) is 6.92 Å². The molecule has 0 radical (unpaired) electrons. The van der Waals surface area contributed by atoms with Gasteiger partial charge in [0.05, 0.1) is 11.3 Å². The largest absolute Gasteiger partial charge is 0.456 e. The van der Waals surface area contributed by atoms with Gasteiger partial charge >= 0.3 is 5.97 Å². The molecule has 0 saturated carbocycles. The highest BCUT2D eigenvalue weighted by Crippen LogP contribution is 2.14. The van der Waals surface area contributed by atoms with Gasteiger partial charge in [0.25, 0.3) is 5.56 Å². The molecule has 0 spiro atoms. The van der Waals surface area contributed by atoms with E-state index in [2.05, 4.69) is 10.3 Å². The molecule has 1 aromatic carbocycles. The molecule has 1 N–H and O–H groups in total. The van der Waals surface area contributed by atoms with E-state index in [4.69, 9.17) is 4.74 Å². The maximum atomic E-state index is 12.1. The van der Waals surface area contributed by atoms with E-state index in [1.165, 1.54) is 21.8 Å². The van der Waals surface area contributed by atoms with E-state index < -0.39 is 5.97 Å². The van der Waals surface area contributed by atoms with Gasteiger partial charge in [-0.2, -0.15) is 0 Å². The molecule has 0 aliphatic carbocycles. The number of anilines is 1. The lowest BCUT2D eigenvalue weighted by molar-refractivity contribution is -0.115. The summed E-state index contributed by atoms with van der Waals surface area (Å²) in [5, 5.41) is 2.70. The normalized spacial score (nSPS) is 10.7. The number of amides is 1. The number of thiazole rings is 1. The molecule has 0 atom stereocenters. The van der Waals surface area contributed by atoms with Crippen LogP contribution < -0.4 is 10.9 Å². The van der Waals surface area contributed by atoms with Crippen LogP contribution in [0.3, 0.4) is 0 Å². The van der Waals surface area contributed by atoms with Crippen molar-refractivity contribution in [1.29, 1.82) is 0 Å². The first-order valence-electron chi connectivity index (χ1n) is 8.02. The highest BCUT2D eigenvalue weighted by molar-refractivity contribution is 7.16. The maximum Gasteiger partial charge on any atom is 0.338 e. The van der Waals surface area contributed by atoms with Crippen molar-refractivity contribution < 1.29 is 14.3 Å². The Morgan fingerprint density at radius 3 is 2.69 bits per heavy atom. The van der Waals surface area contributed by atoms with Crippen molar-refractivity contribution in [2.24, 2.45) is 0 Å². The third-order valence-corrected chi connectivity index (χ3v) is 4.51. The average Bonchev–Trinajstić information content (AvgIpc) is 3.01. The van der Waals surface area contributed by atoms with Gasteiger partial charge in [0.15, 0.2) is 4.96 Å². The minimum atomic E-state index is -0.525. The number of esters is 1. The second kappa shape index (κ2) is 7.49. The molecular formula is C18H17N3O4S. The predicted octanol–water partition coefficient (Wildman–Crippen LogP) is 2.77. The van der Waals surface area contributed by atoms with Crippen LogP contribution in [0.4, 0.5) is 5.69 Å². The highest BCUT2D eigenvalue weighted by Gasteiger charge is 2.10. The Hall–Kier alpha value is -3.00. The van der Waals surface area contributed by atoms with Crippen LogP contribution in [0, 0.1) is 6.92 Å². The average molecular weight is 371 g/mol. The summed E-state index contributed by atoms with van der Waals surface area (Å²) in [7, 11) is 0. The van der Waals surface area contributed by atoms with Gasteiger partial charge in [-0.25, -0.2) is 9.78 Å². The van der Waals surface area contributed by atoms with Crippen molar-refractivity contribution in [2.45, 2.75) is 26.9 Å². The number of hydrogen-bond acceptors (Lipinski definition) is 6. The Morgan fingerprint density at radius 2 is 2.00 bits per heavy atom. The number of nitrogens with one attached hydrogen (secondary N) is 1. The summed E-state index contributed by atoms with van der Waals surface area (Å²) in [6.07, 6.45) is 2.11. The molecule has 26 heavy (non-hydrogen) atoms. The molecule has 2 aromatic heterocycles. The Bertz CT molecular complexity index is 1020. The molecule has 0 aliphatic heterocycles. The smallest absolute Gasteiger partial charge is 0.338 e. The number of aryl methyl sites for hydroxylation is 1. The van der Waals surface area contributed by atoms with E-state index in [1.54, 1.807) is 37.4 Å². The number of aromatic nitrogens is 2. The molecule has 3 rings (SSSR count). The van der Waals surface area contributed by atoms with Crippen molar-refractivity contribution in [3.8, 4) is 0 Å². The van der Waals surface area contributed by atoms with Crippen LogP contribution in [0.1, 0.15) is 34.3 Å². The summed E-state index contributed by atoms with van der Waals surface area (Å²) in [4.78, 5) is 41.4. The Labute approximate surface area is 153 Å². The van der Waals surface area contributed by atoms with Crippen molar-refractivity contribution >= 4 is 33.9 Å². The number of carbonyl (C=O) groups excluding carboxylic acids is 2. The van der Waals surface area contributed by atoms with Gasteiger partial charge in [-0.15, -0.1) is 11.3 Å². The van der Waals surface area contributed by atoms with Crippen LogP contribution in [0.2, 0.25) is 0 Å². The van der Waals surface area contributed by atoms with Gasteiger partial charge < -0.3 is 10.1 Å². The quantitative estimate of drug-likeness (QED) is 0.697. The summed E-state index contributed by atoms with van der Waals surface area (Å²) in [6.45, 7) is 3.57. The SMILES string of the molecule is CCC(=O)Nc1ccc(C(=O)OCc2cc(=O)n3cc(C)sc3n2)cc1. The molecule has 7 nitrogen and oxygen atoms in total. The lowest BCUT2D eigenvalue weighted by Crippen LogP contribution is -2.15. The van der Waals surface area contributed by atoms with Crippen molar-refractivity contribution in [3.63, 3.8) is 0 Å². The fourth-order valence-electron chi connectivity index (χ4n) is 2.29. The summed E-state index contributed by atoms with van der Waals surface area (Å²) in [5.41, 5.74) is 1.16. The topological polar surface area (TPSA) is 89.8 Å². The first kappa shape index (κ1) is 17.8. The Balaban J connectivity index is 1.67. The van der Waals surface area contributed by atoms with Crippen molar-refractivity contribution in [2.75, 3.05) is 5.32 Å². The first-order valence-corrected chi connectivity index (χ1v) is 8.83. The third kappa shape index (κ3) is 3.97. The maximum absolute atomic E-state index is 12.1. The number of hydrogen-bond donors (Lipinski definition) is 1. The lowest BCUT2D eigenvalue weighted by Gasteiger charge is -2.06. The van der Waals surface area contributed by atoms with E-state index >= 15 is 0 Å². The summed E-state index contributed by atoms with van der Waals surface area (Å²) >= 11 is 1.40. The van der Waals surface area contributed by atoms with E-state index in [0.29, 0.717) is 28.3 Å². The molecule has 134 valence electrons. The zero-order chi connectivity index (χ0) is 18.7. The second-order valence-corrected chi connectivity index (χ2v) is 6.85. The van der Waals surface area contributed by atoms with Gasteiger partial charge in [0, 0.05) is 29.2 Å². The molecule has 0 aliphatic rings. The molecule has 0 fully saturated rings. The Kier molecular flexibility index (Phi) is 5.13. The fourth-order valence-corrected chi connectivity index (χ4v) is 3.14. The van der Waals surface area contributed by atoms with E-state index in [9.17, 15) is 14.4 Å². The van der Waals surface area contributed by atoms with Crippen LogP contribution in [0.25, 0.3) is 4.96 Å². The monoisotopic (exact) mass is 371 g/mol. The van der Waals surface area contributed by atoms with Crippen LogP contribution in [0.5, 0.6) is 0 Å². The zero-order valence-corrected chi connectivity index (χ0v) is 15.1. The predicted molar refractivity (Wildman–Crippen MR) is 98.6 cm³/mol. The summed E-state index contributed by atoms with van der Waals surface area (Å²) < 4.78 is 6.70. The highest BCUT2D eigenvalue weighted by atomic mass is 32.1. The van der Waals surface area contributed by atoms with Crippen molar-refractivity contribution in [1.82, 2.24) is 9.38 Å². The van der Waals surface area contributed by atoms with Gasteiger partial charge in [0.2, 0.25) is 5.91 Å². The Morgan fingerprint density at radius 1 is 1.27 bits per heavy atom. The lowest BCUT2D eigenvalue weighted by atomic mass is 10.2. The first-order chi connectivity index (χ1) is 12.5. The number of fused-ring (bicyclic) bond motifs is 1. The molecule has 1 amide bonds. The summed E-state index contributed by atoms with van der Waals surface area (Å²) in [5.74, 6) is -0.625. The van der Waals surface area contributed by atoms with Gasteiger partial charge in [-0.3, -0.25) is 14.0 Å². The number of carbonyl (C=O) groups is 2. The van der Waals surface area contributed by atoms with Crippen LogP contribution in [-0.2, 0) is 16.1 Å².